The number of aryl methyl sites for hydroxylation is 3. The summed E-state index contributed by atoms with van der Waals surface area (Å²) in [6.07, 6.45) is 1.61. The first-order valence-electron chi connectivity index (χ1n) is 6.29. The molecule has 0 saturated heterocycles. The molecule has 2 rings (SSSR count). The standard InChI is InChI=1S/C13H19BrN4O/c1-4-9-13(14)11(18(3)17-9)7-10(16-15)12-6-5-8(2)19-12/h5-6,10,16H,4,7,15H2,1-3H3. The van der Waals surface area contributed by atoms with E-state index in [1.54, 1.807) is 0 Å². The number of hydrogen-bond acceptors (Lipinski definition) is 4. The van der Waals surface area contributed by atoms with Gasteiger partial charge in [0.05, 0.1) is 21.9 Å². The average Bonchev–Trinajstić information content (AvgIpc) is 2.92. The molecule has 104 valence electrons. The summed E-state index contributed by atoms with van der Waals surface area (Å²) >= 11 is 3.62. The van der Waals surface area contributed by atoms with Crippen molar-refractivity contribution in [3.05, 3.63) is 39.5 Å². The largest absolute Gasteiger partial charge is 0.465 e. The van der Waals surface area contributed by atoms with Gasteiger partial charge < -0.3 is 4.42 Å². The molecular formula is C13H19BrN4O. The molecule has 0 radical (unpaired) electrons. The molecule has 0 aliphatic heterocycles. The van der Waals surface area contributed by atoms with E-state index in [-0.39, 0.29) is 6.04 Å². The molecule has 1 unspecified atom stereocenters. The molecule has 0 bridgehead atoms. The third kappa shape index (κ3) is 2.91. The fourth-order valence-corrected chi connectivity index (χ4v) is 2.90. The Bertz CT molecular complexity index is 561. The van der Waals surface area contributed by atoms with Gasteiger partial charge in [0, 0.05) is 13.5 Å². The van der Waals surface area contributed by atoms with E-state index in [0.29, 0.717) is 6.42 Å². The molecule has 3 N–H and O–H groups in total. The van der Waals surface area contributed by atoms with Gasteiger partial charge in [-0.25, -0.2) is 5.43 Å². The third-order valence-electron chi connectivity index (χ3n) is 3.21. The minimum absolute atomic E-state index is 0.0647. The van der Waals surface area contributed by atoms with E-state index >= 15 is 0 Å². The van der Waals surface area contributed by atoms with Crippen molar-refractivity contribution >= 4 is 15.9 Å². The quantitative estimate of drug-likeness (QED) is 0.654. The zero-order chi connectivity index (χ0) is 14.0. The van der Waals surface area contributed by atoms with Crippen LogP contribution in [0.3, 0.4) is 0 Å². The summed E-state index contributed by atoms with van der Waals surface area (Å²) in [5.74, 6) is 7.37. The second kappa shape index (κ2) is 5.90. The highest BCUT2D eigenvalue weighted by molar-refractivity contribution is 9.10. The molecule has 0 spiro atoms. The average molecular weight is 327 g/mol. The monoisotopic (exact) mass is 326 g/mol. The number of nitrogens with zero attached hydrogens (tertiary/aromatic N) is 2. The van der Waals surface area contributed by atoms with Gasteiger partial charge in [-0.1, -0.05) is 6.92 Å². The van der Waals surface area contributed by atoms with Crippen LogP contribution in [0.1, 0.15) is 35.9 Å². The van der Waals surface area contributed by atoms with Gasteiger partial charge in [0.2, 0.25) is 0 Å². The molecule has 2 aromatic heterocycles. The van der Waals surface area contributed by atoms with Crippen LogP contribution in [0.15, 0.2) is 21.0 Å². The maximum absolute atomic E-state index is 5.65. The minimum atomic E-state index is -0.0647. The summed E-state index contributed by atoms with van der Waals surface area (Å²) in [5.41, 5.74) is 4.97. The molecule has 0 fully saturated rings. The van der Waals surface area contributed by atoms with Crippen LogP contribution in [0.4, 0.5) is 0 Å². The van der Waals surface area contributed by atoms with Crippen molar-refractivity contribution in [1.82, 2.24) is 15.2 Å². The Balaban J connectivity index is 2.26. The van der Waals surface area contributed by atoms with Crippen molar-refractivity contribution in [2.45, 2.75) is 32.7 Å². The van der Waals surface area contributed by atoms with E-state index in [2.05, 4.69) is 33.4 Å². The Labute approximate surface area is 121 Å². The maximum atomic E-state index is 5.65. The van der Waals surface area contributed by atoms with Crippen molar-refractivity contribution in [2.75, 3.05) is 0 Å². The minimum Gasteiger partial charge on any atom is -0.465 e. The van der Waals surface area contributed by atoms with Gasteiger partial charge in [0.1, 0.15) is 11.5 Å². The molecule has 0 aliphatic rings. The van der Waals surface area contributed by atoms with Crippen molar-refractivity contribution in [1.29, 1.82) is 0 Å². The summed E-state index contributed by atoms with van der Waals surface area (Å²) < 4.78 is 8.58. The lowest BCUT2D eigenvalue weighted by Crippen LogP contribution is -2.30. The molecule has 0 amide bonds. The zero-order valence-electron chi connectivity index (χ0n) is 11.4. The summed E-state index contributed by atoms with van der Waals surface area (Å²) in [6, 6.07) is 3.82. The predicted octanol–water partition coefficient (Wildman–Crippen LogP) is 2.39. The number of aromatic nitrogens is 2. The fraction of sp³-hybridized carbons (Fsp3) is 0.462. The van der Waals surface area contributed by atoms with Crippen LogP contribution in [0.25, 0.3) is 0 Å². The number of hydrogen-bond donors (Lipinski definition) is 2. The smallest absolute Gasteiger partial charge is 0.122 e. The van der Waals surface area contributed by atoms with E-state index in [4.69, 9.17) is 10.3 Å². The van der Waals surface area contributed by atoms with E-state index in [1.807, 2.05) is 30.8 Å². The predicted molar refractivity (Wildman–Crippen MR) is 77.5 cm³/mol. The fourth-order valence-electron chi connectivity index (χ4n) is 2.12. The first-order valence-corrected chi connectivity index (χ1v) is 7.08. The van der Waals surface area contributed by atoms with Gasteiger partial charge >= 0.3 is 0 Å². The topological polar surface area (TPSA) is 69.0 Å². The van der Waals surface area contributed by atoms with Crippen LogP contribution in [-0.4, -0.2) is 9.78 Å². The summed E-state index contributed by atoms with van der Waals surface area (Å²) in [7, 11) is 1.94. The summed E-state index contributed by atoms with van der Waals surface area (Å²) in [6.45, 7) is 4.01. The van der Waals surface area contributed by atoms with Crippen LogP contribution in [0.2, 0.25) is 0 Å². The number of nitrogens with one attached hydrogen (secondary N) is 1. The first-order chi connectivity index (χ1) is 9.06. The summed E-state index contributed by atoms with van der Waals surface area (Å²) in [4.78, 5) is 0. The Morgan fingerprint density at radius 3 is 2.74 bits per heavy atom. The highest BCUT2D eigenvalue weighted by Gasteiger charge is 2.20. The maximum Gasteiger partial charge on any atom is 0.122 e. The molecule has 2 heterocycles. The third-order valence-corrected chi connectivity index (χ3v) is 4.12. The molecular weight excluding hydrogens is 308 g/mol. The van der Waals surface area contributed by atoms with Crippen molar-refractivity contribution < 1.29 is 4.42 Å². The second-order valence-electron chi connectivity index (χ2n) is 4.56. The van der Waals surface area contributed by atoms with E-state index in [9.17, 15) is 0 Å². The van der Waals surface area contributed by atoms with Gasteiger partial charge in [-0.2, -0.15) is 5.10 Å². The van der Waals surface area contributed by atoms with Crippen LogP contribution in [-0.2, 0) is 19.9 Å². The van der Waals surface area contributed by atoms with Gasteiger partial charge in [-0.05, 0) is 41.4 Å². The first kappa shape index (κ1) is 14.3. The van der Waals surface area contributed by atoms with Crippen LogP contribution in [0.5, 0.6) is 0 Å². The number of hydrazine groups is 1. The van der Waals surface area contributed by atoms with Crippen molar-refractivity contribution in [2.24, 2.45) is 12.9 Å². The molecule has 2 aromatic rings. The Kier molecular flexibility index (Phi) is 4.44. The van der Waals surface area contributed by atoms with E-state index < -0.39 is 0 Å². The second-order valence-corrected chi connectivity index (χ2v) is 5.35. The lowest BCUT2D eigenvalue weighted by Gasteiger charge is -2.13. The van der Waals surface area contributed by atoms with Gasteiger partial charge in [0.25, 0.3) is 0 Å². The van der Waals surface area contributed by atoms with Gasteiger partial charge in [0.15, 0.2) is 0 Å². The number of nitrogens with two attached hydrogens (primary N) is 1. The molecule has 5 nitrogen and oxygen atoms in total. The normalized spacial score (nSPS) is 12.9. The Morgan fingerprint density at radius 2 is 2.26 bits per heavy atom. The lowest BCUT2D eigenvalue weighted by molar-refractivity contribution is 0.397. The zero-order valence-corrected chi connectivity index (χ0v) is 13.0. The number of rotatable bonds is 5. The Morgan fingerprint density at radius 1 is 1.53 bits per heavy atom. The molecule has 19 heavy (non-hydrogen) atoms. The molecule has 6 heteroatoms. The van der Waals surface area contributed by atoms with Crippen LogP contribution >= 0.6 is 15.9 Å². The molecule has 0 saturated carbocycles. The SMILES string of the molecule is CCc1nn(C)c(CC(NN)c2ccc(C)o2)c1Br. The highest BCUT2D eigenvalue weighted by Crippen LogP contribution is 2.27. The molecule has 1 atom stereocenters. The number of furan rings is 1. The van der Waals surface area contributed by atoms with Gasteiger partial charge in [-0.15, -0.1) is 0 Å². The van der Waals surface area contributed by atoms with E-state index in [1.165, 1.54) is 0 Å². The summed E-state index contributed by atoms with van der Waals surface area (Å²) in [5, 5.41) is 4.49. The van der Waals surface area contributed by atoms with Gasteiger partial charge in [-0.3, -0.25) is 10.5 Å². The Hall–Kier alpha value is -1.11. The van der Waals surface area contributed by atoms with Crippen LogP contribution < -0.4 is 11.3 Å². The lowest BCUT2D eigenvalue weighted by atomic mass is 10.1. The van der Waals surface area contributed by atoms with E-state index in [0.717, 1.165) is 33.8 Å². The highest BCUT2D eigenvalue weighted by atomic mass is 79.9. The molecule has 0 aliphatic carbocycles. The van der Waals surface area contributed by atoms with Crippen molar-refractivity contribution in [3.63, 3.8) is 0 Å². The number of halogens is 1. The van der Waals surface area contributed by atoms with Crippen LogP contribution in [0, 0.1) is 6.92 Å². The van der Waals surface area contributed by atoms with Crippen molar-refractivity contribution in [3.8, 4) is 0 Å². The molecule has 0 aromatic carbocycles.